The number of hydrogen-bond acceptors (Lipinski definition) is 4. The molecule has 1 aromatic carbocycles. The van der Waals surface area contributed by atoms with Crippen LogP contribution in [0.5, 0.6) is 0 Å². The van der Waals surface area contributed by atoms with Crippen molar-refractivity contribution >= 4 is 21.8 Å². The topological polar surface area (TPSA) is 70.0 Å². The second-order valence-corrected chi connectivity index (χ2v) is 7.08. The summed E-state index contributed by atoms with van der Waals surface area (Å²) in [7, 11) is -3.45. The summed E-state index contributed by atoms with van der Waals surface area (Å²) in [4.78, 5) is 0.222. The molecule has 0 amide bonds. The zero-order chi connectivity index (χ0) is 13.0. The first kappa shape index (κ1) is 13.4. The maximum absolute atomic E-state index is 12.1. The zero-order valence-electron chi connectivity index (χ0n) is 9.80. The van der Waals surface area contributed by atoms with Crippen LogP contribution < -0.4 is 4.72 Å². The summed E-state index contributed by atoms with van der Waals surface area (Å²) in [6.07, 6.45) is 1.75. The van der Waals surface area contributed by atoms with E-state index in [2.05, 4.69) is 4.72 Å². The van der Waals surface area contributed by atoms with Crippen LogP contribution in [0.2, 0.25) is 0 Å². The molecule has 0 spiro atoms. The summed E-state index contributed by atoms with van der Waals surface area (Å²) < 4.78 is 26.9. The molecule has 0 bridgehead atoms. The van der Waals surface area contributed by atoms with Crippen LogP contribution in [0.25, 0.3) is 0 Å². The summed E-state index contributed by atoms with van der Waals surface area (Å²) >= 11 is 1.85. The van der Waals surface area contributed by atoms with Gasteiger partial charge in [0.05, 0.1) is 16.5 Å². The highest BCUT2D eigenvalue weighted by molar-refractivity contribution is 7.99. The molecule has 0 radical (unpaired) electrons. The Bertz CT molecular complexity index is 540. The van der Waals surface area contributed by atoms with Crippen molar-refractivity contribution in [1.29, 1.82) is 5.26 Å². The monoisotopic (exact) mass is 282 g/mol. The molecule has 1 heterocycles. The molecule has 1 aromatic rings. The Labute approximate surface area is 111 Å². The third-order valence-corrected chi connectivity index (χ3v) is 5.42. The molecule has 0 atom stereocenters. The van der Waals surface area contributed by atoms with E-state index in [0.717, 1.165) is 24.3 Å². The van der Waals surface area contributed by atoms with Gasteiger partial charge in [-0.3, -0.25) is 0 Å². The summed E-state index contributed by atoms with van der Waals surface area (Å²) in [5.41, 5.74) is 0.461. The van der Waals surface area contributed by atoms with Crippen LogP contribution in [0.3, 0.4) is 0 Å². The summed E-state index contributed by atoms with van der Waals surface area (Å²) in [6.45, 7) is 0. The fourth-order valence-electron chi connectivity index (χ4n) is 1.81. The fourth-order valence-corrected chi connectivity index (χ4v) is 4.22. The number of thioether (sulfide) groups is 1. The third-order valence-electron chi connectivity index (χ3n) is 2.84. The normalized spacial score (nSPS) is 17.3. The standard InChI is InChI=1S/C12H14N2O2S2/c13-9-10-1-3-12(4-2-10)18(15,16)14-11-5-7-17-8-6-11/h1-4,11,14H,5-8H2. The Kier molecular flexibility index (Phi) is 4.27. The number of sulfonamides is 1. The Morgan fingerprint density at radius 3 is 2.39 bits per heavy atom. The molecule has 1 saturated heterocycles. The molecular weight excluding hydrogens is 268 g/mol. The van der Waals surface area contributed by atoms with Crippen LogP contribution in [0.1, 0.15) is 18.4 Å². The Morgan fingerprint density at radius 2 is 1.83 bits per heavy atom. The summed E-state index contributed by atoms with van der Waals surface area (Å²) in [6, 6.07) is 7.98. The van der Waals surface area contributed by atoms with Gasteiger partial charge in [0.1, 0.15) is 0 Å². The van der Waals surface area contributed by atoms with E-state index in [1.807, 2.05) is 17.8 Å². The van der Waals surface area contributed by atoms with Gasteiger partial charge in [-0.05, 0) is 48.6 Å². The van der Waals surface area contributed by atoms with Gasteiger partial charge >= 0.3 is 0 Å². The molecule has 1 aliphatic rings. The highest BCUT2D eigenvalue weighted by atomic mass is 32.2. The second kappa shape index (κ2) is 5.74. The van der Waals surface area contributed by atoms with E-state index < -0.39 is 10.0 Å². The smallest absolute Gasteiger partial charge is 0.208 e. The van der Waals surface area contributed by atoms with Crippen LogP contribution in [-0.4, -0.2) is 26.0 Å². The molecule has 1 aliphatic heterocycles. The Hall–Kier alpha value is -1.03. The van der Waals surface area contributed by atoms with Crippen molar-refractivity contribution in [2.24, 2.45) is 0 Å². The minimum absolute atomic E-state index is 0.0342. The van der Waals surface area contributed by atoms with Gasteiger partial charge in [0, 0.05) is 6.04 Å². The van der Waals surface area contributed by atoms with Gasteiger partial charge in [-0.2, -0.15) is 17.0 Å². The first-order valence-electron chi connectivity index (χ1n) is 5.72. The zero-order valence-corrected chi connectivity index (χ0v) is 11.4. The second-order valence-electron chi connectivity index (χ2n) is 4.14. The van der Waals surface area contributed by atoms with E-state index in [1.165, 1.54) is 24.3 Å². The van der Waals surface area contributed by atoms with Crippen molar-refractivity contribution in [1.82, 2.24) is 4.72 Å². The number of nitriles is 1. The minimum atomic E-state index is -3.45. The van der Waals surface area contributed by atoms with E-state index in [4.69, 9.17) is 5.26 Å². The van der Waals surface area contributed by atoms with Gasteiger partial charge in [-0.1, -0.05) is 0 Å². The lowest BCUT2D eigenvalue weighted by atomic mass is 10.2. The van der Waals surface area contributed by atoms with Crippen LogP contribution >= 0.6 is 11.8 Å². The number of nitrogens with one attached hydrogen (secondary N) is 1. The molecule has 0 saturated carbocycles. The quantitative estimate of drug-likeness (QED) is 0.916. The van der Waals surface area contributed by atoms with Crippen molar-refractivity contribution < 1.29 is 8.42 Å². The van der Waals surface area contributed by atoms with Gasteiger partial charge in [-0.25, -0.2) is 13.1 Å². The molecule has 1 N–H and O–H groups in total. The molecule has 2 rings (SSSR count). The highest BCUT2D eigenvalue weighted by Crippen LogP contribution is 2.19. The van der Waals surface area contributed by atoms with Gasteiger partial charge in [-0.15, -0.1) is 0 Å². The number of rotatable bonds is 3. The molecule has 4 nitrogen and oxygen atoms in total. The van der Waals surface area contributed by atoms with Crippen LogP contribution in [0.15, 0.2) is 29.2 Å². The fraction of sp³-hybridized carbons (Fsp3) is 0.417. The van der Waals surface area contributed by atoms with Gasteiger partial charge < -0.3 is 0 Å². The predicted octanol–water partition coefficient (Wildman–Crippen LogP) is 1.73. The lowest BCUT2D eigenvalue weighted by Crippen LogP contribution is -2.37. The van der Waals surface area contributed by atoms with Gasteiger partial charge in [0.15, 0.2) is 0 Å². The van der Waals surface area contributed by atoms with Crippen LogP contribution in [0.4, 0.5) is 0 Å². The highest BCUT2D eigenvalue weighted by Gasteiger charge is 2.21. The molecular formula is C12H14N2O2S2. The summed E-state index contributed by atoms with van der Waals surface area (Å²) in [5.74, 6) is 2.00. The maximum Gasteiger partial charge on any atom is 0.240 e. The molecule has 1 fully saturated rings. The third kappa shape index (κ3) is 3.25. The predicted molar refractivity (Wildman–Crippen MR) is 71.8 cm³/mol. The molecule has 18 heavy (non-hydrogen) atoms. The average molecular weight is 282 g/mol. The van der Waals surface area contributed by atoms with Crippen molar-refractivity contribution in [3.63, 3.8) is 0 Å². The van der Waals surface area contributed by atoms with E-state index in [0.29, 0.717) is 5.56 Å². The number of benzene rings is 1. The molecule has 96 valence electrons. The Morgan fingerprint density at radius 1 is 1.22 bits per heavy atom. The molecule has 0 aliphatic carbocycles. The Balaban J connectivity index is 2.12. The van der Waals surface area contributed by atoms with Crippen LogP contribution in [0, 0.1) is 11.3 Å². The largest absolute Gasteiger partial charge is 0.240 e. The molecule has 0 aromatic heterocycles. The minimum Gasteiger partial charge on any atom is -0.208 e. The average Bonchev–Trinajstić information content (AvgIpc) is 2.39. The van der Waals surface area contributed by atoms with Crippen molar-refractivity contribution in [2.45, 2.75) is 23.8 Å². The van der Waals surface area contributed by atoms with Crippen LogP contribution in [-0.2, 0) is 10.0 Å². The van der Waals surface area contributed by atoms with Crippen molar-refractivity contribution in [3.05, 3.63) is 29.8 Å². The molecule has 6 heteroatoms. The lowest BCUT2D eigenvalue weighted by Gasteiger charge is -2.22. The van der Waals surface area contributed by atoms with E-state index in [-0.39, 0.29) is 10.9 Å². The van der Waals surface area contributed by atoms with E-state index >= 15 is 0 Å². The van der Waals surface area contributed by atoms with E-state index in [9.17, 15) is 8.42 Å². The maximum atomic E-state index is 12.1. The lowest BCUT2D eigenvalue weighted by molar-refractivity contribution is 0.529. The number of nitrogens with zero attached hydrogens (tertiary/aromatic N) is 1. The van der Waals surface area contributed by atoms with Crippen molar-refractivity contribution in [3.8, 4) is 6.07 Å². The molecule has 0 unspecified atom stereocenters. The SMILES string of the molecule is N#Cc1ccc(S(=O)(=O)NC2CCSCC2)cc1. The first-order valence-corrected chi connectivity index (χ1v) is 8.36. The van der Waals surface area contributed by atoms with Gasteiger partial charge in [0.2, 0.25) is 10.0 Å². The van der Waals surface area contributed by atoms with Crippen molar-refractivity contribution in [2.75, 3.05) is 11.5 Å². The van der Waals surface area contributed by atoms with Gasteiger partial charge in [0.25, 0.3) is 0 Å². The summed E-state index contributed by atoms with van der Waals surface area (Å²) in [5, 5.41) is 8.67. The first-order chi connectivity index (χ1) is 8.62. The number of hydrogen-bond donors (Lipinski definition) is 1. The van der Waals surface area contributed by atoms with E-state index in [1.54, 1.807) is 0 Å².